The van der Waals surface area contributed by atoms with Gasteiger partial charge in [-0.1, -0.05) is 55.4 Å². The number of fused-ring (bicyclic) bond motifs is 14. The molecule has 2 aliphatic heterocycles. The summed E-state index contributed by atoms with van der Waals surface area (Å²) in [7, 11) is 3.55. The van der Waals surface area contributed by atoms with Gasteiger partial charge in [-0.25, -0.2) is 9.97 Å². The number of aryl methyl sites for hydroxylation is 2. The third kappa shape index (κ3) is 5.83. The van der Waals surface area contributed by atoms with E-state index in [0.717, 1.165) is 65.7 Å². The lowest BCUT2D eigenvalue weighted by atomic mass is 9.62. The fraction of sp³-hybridized carbons (Fsp3) is 0.690. The second kappa shape index (κ2) is 13.7. The van der Waals surface area contributed by atoms with Crippen molar-refractivity contribution in [1.82, 2.24) is 20.6 Å². The molecule has 2 saturated heterocycles. The highest BCUT2D eigenvalue weighted by Crippen LogP contribution is 2.71. The fourth-order valence-electron chi connectivity index (χ4n) is 18.6. The molecule has 5 saturated carbocycles. The first-order valence-electron chi connectivity index (χ1n) is 26.1. The maximum atomic E-state index is 7.44. The highest BCUT2D eigenvalue weighted by Gasteiger charge is 2.68. The summed E-state index contributed by atoms with van der Waals surface area (Å²) in [5, 5.41) is 8.76. The van der Waals surface area contributed by atoms with Crippen molar-refractivity contribution in [3.63, 3.8) is 0 Å². The lowest BCUT2D eigenvalue weighted by Gasteiger charge is -2.57. The van der Waals surface area contributed by atoms with Crippen molar-refractivity contribution in [2.45, 2.75) is 204 Å². The van der Waals surface area contributed by atoms with Crippen molar-refractivity contribution < 1.29 is 18.9 Å². The van der Waals surface area contributed by atoms with Crippen molar-refractivity contribution in [2.24, 2.45) is 34.5 Å². The van der Waals surface area contributed by atoms with Gasteiger partial charge in [0.25, 0.3) is 0 Å². The van der Waals surface area contributed by atoms with Crippen LogP contribution in [0.3, 0.4) is 0 Å². The largest absolute Gasteiger partial charge is 0.493 e. The van der Waals surface area contributed by atoms with Crippen LogP contribution >= 0.6 is 0 Å². The van der Waals surface area contributed by atoms with Gasteiger partial charge < -0.3 is 29.6 Å². The molecule has 66 heavy (non-hydrogen) atoms. The SMILES string of the molecule is COc1cc2c(cc1OC)C1(CC2(C)C)CC(C)(C)C2CC3OC4CC5NC6CC7C(CC6NC5CC4OC3CC21)C1(CC(C)(C)c2cc3nc4cc(C)c(C)cc4nc3cc21)CC7(C)C. The number of ether oxygens (including phenoxy) is 4. The first-order chi connectivity index (χ1) is 31.2. The molecule has 7 aliphatic carbocycles. The highest BCUT2D eigenvalue weighted by atomic mass is 16.6. The van der Waals surface area contributed by atoms with E-state index in [1.54, 1.807) is 19.8 Å². The average molecular weight is 893 g/mol. The molecule has 0 bridgehead atoms. The summed E-state index contributed by atoms with van der Waals surface area (Å²) in [5.74, 6) is 4.11. The molecule has 1 aromatic heterocycles. The molecule has 14 atom stereocenters. The van der Waals surface area contributed by atoms with Crippen LogP contribution in [0.25, 0.3) is 22.1 Å². The Kier molecular flexibility index (Phi) is 8.90. The molecule has 4 aromatic rings. The van der Waals surface area contributed by atoms with E-state index in [9.17, 15) is 0 Å². The number of piperazine rings is 1. The van der Waals surface area contributed by atoms with Crippen LogP contribution in [0.15, 0.2) is 36.4 Å². The van der Waals surface area contributed by atoms with Crippen LogP contribution in [0.4, 0.5) is 0 Å². The van der Waals surface area contributed by atoms with Crippen LogP contribution in [-0.4, -0.2) is 72.8 Å². The Balaban J connectivity index is 0.768. The minimum atomic E-state index is 0.0585. The molecule has 352 valence electrons. The summed E-state index contributed by atoms with van der Waals surface area (Å²) in [6.07, 6.45) is 12.1. The van der Waals surface area contributed by atoms with E-state index in [-0.39, 0.29) is 56.9 Å². The van der Waals surface area contributed by atoms with Crippen molar-refractivity contribution in [3.8, 4) is 11.5 Å². The van der Waals surface area contributed by atoms with Crippen molar-refractivity contribution in [3.05, 3.63) is 69.8 Å². The Morgan fingerprint density at radius 3 is 1.33 bits per heavy atom. The first-order valence-corrected chi connectivity index (χ1v) is 26.1. The van der Waals surface area contributed by atoms with Gasteiger partial charge in [0.15, 0.2) is 11.5 Å². The summed E-state index contributed by atoms with van der Waals surface area (Å²) in [6, 6.07) is 15.8. The topological polar surface area (TPSA) is 86.8 Å². The quantitative estimate of drug-likeness (QED) is 0.193. The second-order valence-electron chi connectivity index (χ2n) is 26.6. The van der Waals surface area contributed by atoms with Crippen LogP contribution in [0.2, 0.25) is 0 Å². The van der Waals surface area contributed by atoms with Gasteiger partial charge in [-0.2, -0.15) is 0 Å². The second-order valence-corrected chi connectivity index (χ2v) is 26.6. The van der Waals surface area contributed by atoms with Crippen molar-refractivity contribution in [1.29, 1.82) is 0 Å². The molecular formula is C58H76N4O4. The van der Waals surface area contributed by atoms with E-state index >= 15 is 0 Å². The Labute approximate surface area is 393 Å². The van der Waals surface area contributed by atoms with Gasteiger partial charge in [0, 0.05) is 35.0 Å². The Morgan fingerprint density at radius 1 is 0.455 bits per heavy atom. The third-order valence-electron chi connectivity index (χ3n) is 21.0. The maximum Gasteiger partial charge on any atom is 0.161 e. The lowest BCUT2D eigenvalue weighted by Crippen LogP contribution is -2.72. The number of nitrogens with zero attached hydrogens (tertiary/aromatic N) is 2. The predicted molar refractivity (Wildman–Crippen MR) is 262 cm³/mol. The molecule has 8 heteroatoms. The van der Waals surface area contributed by atoms with Crippen molar-refractivity contribution in [2.75, 3.05) is 14.2 Å². The van der Waals surface area contributed by atoms with E-state index in [0.29, 0.717) is 47.8 Å². The van der Waals surface area contributed by atoms with E-state index in [2.05, 4.69) is 116 Å². The molecule has 0 radical (unpaired) electrons. The van der Waals surface area contributed by atoms with E-state index < -0.39 is 0 Å². The zero-order chi connectivity index (χ0) is 45.8. The number of methoxy groups -OCH3 is 2. The van der Waals surface area contributed by atoms with Gasteiger partial charge in [-0.15, -0.1) is 0 Å². The summed E-state index contributed by atoms with van der Waals surface area (Å²) in [5.41, 5.74) is 13.5. The molecule has 7 fully saturated rings. The number of hydrogen-bond acceptors (Lipinski definition) is 8. The summed E-state index contributed by atoms with van der Waals surface area (Å²) in [6.45, 7) is 24.6. The van der Waals surface area contributed by atoms with Gasteiger partial charge in [0.05, 0.1) is 60.7 Å². The third-order valence-corrected chi connectivity index (χ3v) is 21.0. The Bertz CT molecular complexity index is 2710. The monoisotopic (exact) mass is 893 g/mol. The van der Waals surface area contributed by atoms with Crippen LogP contribution < -0.4 is 20.1 Å². The zero-order valence-corrected chi connectivity index (χ0v) is 42.0. The normalized spacial score (nSPS) is 41.4. The molecule has 8 nitrogen and oxygen atoms in total. The summed E-state index contributed by atoms with van der Waals surface area (Å²) >= 11 is 0. The number of benzene rings is 3. The predicted octanol–water partition coefficient (Wildman–Crippen LogP) is 10.8. The first kappa shape index (κ1) is 42.8. The van der Waals surface area contributed by atoms with Gasteiger partial charge in [-0.3, -0.25) is 0 Å². The Hall–Kier alpha value is -3.30. The number of rotatable bonds is 2. The smallest absolute Gasteiger partial charge is 0.161 e. The molecule has 2 N–H and O–H groups in total. The van der Waals surface area contributed by atoms with Crippen LogP contribution in [-0.2, 0) is 31.1 Å². The molecule has 0 amide bonds. The van der Waals surface area contributed by atoms with Crippen LogP contribution in [0.1, 0.15) is 153 Å². The van der Waals surface area contributed by atoms with Crippen LogP contribution in [0, 0.1) is 48.3 Å². The Morgan fingerprint density at radius 2 is 0.818 bits per heavy atom. The van der Waals surface area contributed by atoms with E-state index in [1.165, 1.54) is 59.9 Å². The molecule has 13 rings (SSSR count). The molecule has 9 aliphatic rings. The number of nitrogens with one attached hydrogen (secondary N) is 2. The molecule has 3 heterocycles. The number of aromatic nitrogens is 2. The molecule has 3 aromatic carbocycles. The summed E-state index contributed by atoms with van der Waals surface area (Å²) in [4.78, 5) is 10.6. The highest BCUT2D eigenvalue weighted by molar-refractivity contribution is 5.88. The fourth-order valence-corrected chi connectivity index (χ4v) is 18.6. The molecule has 2 spiro atoms. The van der Waals surface area contributed by atoms with E-state index in [1.807, 2.05) is 0 Å². The molecule has 14 unspecified atom stereocenters. The summed E-state index contributed by atoms with van der Waals surface area (Å²) < 4.78 is 26.6. The van der Waals surface area contributed by atoms with Crippen LogP contribution in [0.5, 0.6) is 11.5 Å². The standard InChI is InChI=1S/C58H76N4O4/c1-29-13-39-40(14-30(29)2)60-43-17-35-31(15-41(43)59-39)53(3,4)25-57(35)26-54(5,6)32-16-42-44(18-36(32)57)62-46-24-52-51(23-45(46)61-42)65-49-20-34-38(22-50(49)66-52)58(28-56(34,9)10)27-55(7,8)33-19-47(63-11)48(64-12)21-37(33)58/h13-15,17,19,21,32,34,36,38,42,44-46,49-52,61-62H,16,18,20,22-28H2,1-12H3. The van der Waals surface area contributed by atoms with Crippen molar-refractivity contribution >= 4 is 22.1 Å². The van der Waals surface area contributed by atoms with Gasteiger partial charge >= 0.3 is 0 Å². The minimum absolute atomic E-state index is 0.0585. The maximum absolute atomic E-state index is 7.44. The zero-order valence-electron chi connectivity index (χ0n) is 42.0. The van der Waals surface area contributed by atoms with Gasteiger partial charge in [-0.05, 0) is 193 Å². The molecular weight excluding hydrogens is 817 g/mol. The van der Waals surface area contributed by atoms with Gasteiger partial charge in [0.2, 0.25) is 0 Å². The van der Waals surface area contributed by atoms with E-state index in [4.69, 9.17) is 28.9 Å². The minimum Gasteiger partial charge on any atom is -0.493 e. The number of hydrogen-bond donors (Lipinski definition) is 2. The average Bonchev–Trinajstić information content (AvgIpc) is 3.80. The van der Waals surface area contributed by atoms with Gasteiger partial charge in [0.1, 0.15) is 0 Å². The lowest BCUT2D eigenvalue weighted by molar-refractivity contribution is -0.258.